The molecule has 20 heavy (non-hydrogen) atoms. The fourth-order valence-corrected chi connectivity index (χ4v) is 3.69. The quantitative estimate of drug-likeness (QED) is 0.699. The van der Waals surface area contributed by atoms with Crippen LogP contribution in [0, 0.1) is 16.7 Å². The molecule has 0 aromatic carbocycles. The van der Waals surface area contributed by atoms with Gasteiger partial charge >= 0.3 is 0 Å². The molecule has 0 unspecified atom stereocenters. The zero-order valence-electron chi connectivity index (χ0n) is 14.1. The van der Waals surface area contributed by atoms with Crippen molar-refractivity contribution in [1.29, 1.82) is 0 Å². The van der Waals surface area contributed by atoms with Crippen LogP contribution in [0.3, 0.4) is 0 Å². The third-order valence-electron chi connectivity index (χ3n) is 5.59. The Morgan fingerprint density at radius 1 is 1.10 bits per heavy atom. The molecule has 118 valence electrons. The van der Waals surface area contributed by atoms with Gasteiger partial charge in [-0.25, -0.2) is 0 Å². The van der Waals surface area contributed by atoms with Crippen LogP contribution in [0.25, 0.3) is 0 Å². The molecule has 0 heterocycles. The summed E-state index contributed by atoms with van der Waals surface area (Å²) in [5.74, 6) is 0.906. The van der Waals surface area contributed by atoms with Crippen molar-refractivity contribution in [2.24, 2.45) is 16.7 Å². The lowest BCUT2D eigenvalue weighted by Crippen LogP contribution is -2.41. The van der Waals surface area contributed by atoms with Crippen LogP contribution in [0.1, 0.15) is 72.6 Å². The van der Waals surface area contributed by atoms with E-state index in [1.165, 1.54) is 51.5 Å². The first-order valence-corrected chi connectivity index (χ1v) is 8.76. The molecule has 2 heteroatoms. The van der Waals surface area contributed by atoms with Crippen LogP contribution in [0.5, 0.6) is 0 Å². The third kappa shape index (κ3) is 4.73. The lowest BCUT2D eigenvalue weighted by atomic mass is 9.63. The van der Waals surface area contributed by atoms with Gasteiger partial charge in [0, 0.05) is 25.8 Å². The van der Waals surface area contributed by atoms with E-state index in [0.29, 0.717) is 10.8 Å². The molecule has 0 aliphatic heterocycles. The van der Waals surface area contributed by atoms with Gasteiger partial charge in [0.1, 0.15) is 0 Å². The highest BCUT2D eigenvalue weighted by Crippen LogP contribution is 2.47. The molecule has 0 spiro atoms. The second-order valence-corrected chi connectivity index (χ2v) is 8.24. The first-order chi connectivity index (χ1) is 9.45. The Kier molecular flexibility index (Phi) is 5.53. The Morgan fingerprint density at radius 3 is 2.25 bits per heavy atom. The average Bonchev–Trinajstić information content (AvgIpc) is 3.20. The summed E-state index contributed by atoms with van der Waals surface area (Å²) in [5.41, 5.74) is 0.996. The summed E-state index contributed by atoms with van der Waals surface area (Å²) in [6, 6.07) is 0.833. The normalized spacial score (nSPS) is 31.5. The Hall–Kier alpha value is -0.0800. The van der Waals surface area contributed by atoms with E-state index in [1.54, 1.807) is 0 Å². The maximum absolute atomic E-state index is 5.65. The van der Waals surface area contributed by atoms with Crippen molar-refractivity contribution in [3.05, 3.63) is 0 Å². The van der Waals surface area contributed by atoms with Gasteiger partial charge in [-0.2, -0.15) is 0 Å². The summed E-state index contributed by atoms with van der Waals surface area (Å²) >= 11 is 0. The molecule has 2 aliphatic rings. The predicted molar refractivity (Wildman–Crippen MR) is 86.0 cm³/mol. The summed E-state index contributed by atoms with van der Waals surface area (Å²) in [4.78, 5) is 0. The molecule has 0 saturated heterocycles. The fourth-order valence-electron chi connectivity index (χ4n) is 3.69. The topological polar surface area (TPSA) is 21.3 Å². The van der Waals surface area contributed by atoms with Crippen molar-refractivity contribution in [2.75, 3.05) is 19.8 Å². The van der Waals surface area contributed by atoms with Crippen molar-refractivity contribution in [2.45, 2.75) is 78.7 Å². The molecule has 2 aliphatic carbocycles. The van der Waals surface area contributed by atoms with Gasteiger partial charge in [0.15, 0.2) is 0 Å². The van der Waals surface area contributed by atoms with E-state index in [-0.39, 0.29) is 0 Å². The first-order valence-electron chi connectivity index (χ1n) is 8.76. The molecule has 0 bridgehead atoms. The smallest absolute Gasteiger partial charge is 0.0471 e. The molecule has 2 nitrogen and oxygen atoms in total. The maximum atomic E-state index is 5.65. The second kappa shape index (κ2) is 6.79. The van der Waals surface area contributed by atoms with E-state index in [0.717, 1.165) is 25.2 Å². The highest BCUT2D eigenvalue weighted by Gasteiger charge is 2.39. The summed E-state index contributed by atoms with van der Waals surface area (Å²) in [5, 5.41) is 3.79. The molecule has 0 amide bonds. The number of nitrogens with one attached hydrogen (secondary N) is 1. The summed E-state index contributed by atoms with van der Waals surface area (Å²) < 4.78 is 5.65. The molecule has 1 N–H and O–H groups in total. The lowest BCUT2D eigenvalue weighted by molar-refractivity contribution is 0.0452. The van der Waals surface area contributed by atoms with Gasteiger partial charge in [-0.3, -0.25) is 0 Å². The second-order valence-electron chi connectivity index (χ2n) is 8.24. The van der Waals surface area contributed by atoms with Crippen LogP contribution in [-0.4, -0.2) is 25.8 Å². The van der Waals surface area contributed by atoms with Crippen LogP contribution >= 0.6 is 0 Å². The molecular weight excluding hydrogens is 246 g/mol. The van der Waals surface area contributed by atoms with Gasteiger partial charge in [0.25, 0.3) is 0 Å². The van der Waals surface area contributed by atoms with Crippen LogP contribution in [0.15, 0.2) is 0 Å². The molecular formula is C18H35NO. The standard InChI is InChI=1S/C18H35NO/c1-5-20-13-12-18(14-19-16-6-7-16)10-8-15(9-11-18)17(2,3)4/h15-16,19H,5-14H2,1-4H3. The van der Waals surface area contributed by atoms with Gasteiger partial charge in [-0.05, 0) is 68.6 Å². The van der Waals surface area contributed by atoms with Gasteiger partial charge in [-0.15, -0.1) is 0 Å². The monoisotopic (exact) mass is 281 g/mol. The summed E-state index contributed by atoms with van der Waals surface area (Å²) in [6.07, 6.45) is 9.63. The van der Waals surface area contributed by atoms with Crippen LogP contribution < -0.4 is 5.32 Å². The summed E-state index contributed by atoms with van der Waals surface area (Å²) in [7, 11) is 0. The minimum Gasteiger partial charge on any atom is -0.382 e. The highest BCUT2D eigenvalue weighted by atomic mass is 16.5. The number of hydrogen-bond acceptors (Lipinski definition) is 2. The Morgan fingerprint density at radius 2 is 1.75 bits per heavy atom. The van der Waals surface area contributed by atoms with Crippen LogP contribution in [0.4, 0.5) is 0 Å². The lowest BCUT2D eigenvalue weighted by Gasteiger charge is -2.44. The Labute approximate surface area is 126 Å². The highest BCUT2D eigenvalue weighted by molar-refractivity contribution is 4.93. The molecule has 0 radical (unpaired) electrons. The van der Waals surface area contributed by atoms with Crippen molar-refractivity contribution in [3.8, 4) is 0 Å². The van der Waals surface area contributed by atoms with Gasteiger partial charge in [-0.1, -0.05) is 20.8 Å². The fraction of sp³-hybridized carbons (Fsp3) is 1.00. The maximum Gasteiger partial charge on any atom is 0.0471 e. The van der Waals surface area contributed by atoms with Crippen LogP contribution in [-0.2, 0) is 4.74 Å². The van der Waals surface area contributed by atoms with E-state index in [9.17, 15) is 0 Å². The Balaban J connectivity index is 1.86. The summed E-state index contributed by atoms with van der Waals surface area (Å²) in [6.45, 7) is 12.4. The first kappa shape index (κ1) is 16.3. The van der Waals surface area contributed by atoms with E-state index >= 15 is 0 Å². The zero-order valence-corrected chi connectivity index (χ0v) is 14.1. The van der Waals surface area contributed by atoms with Crippen molar-refractivity contribution >= 4 is 0 Å². The zero-order chi connectivity index (χ0) is 14.6. The molecule has 0 aromatic heterocycles. The molecule has 2 fully saturated rings. The molecule has 0 atom stereocenters. The number of rotatable bonds is 7. The number of hydrogen-bond donors (Lipinski definition) is 1. The van der Waals surface area contributed by atoms with Gasteiger partial charge in [0.05, 0.1) is 0 Å². The SMILES string of the molecule is CCOCCC1(CNC2CC2)CCC(C(C)(C)C)CC1. The minimum absolute atomic E-state index is 0.482. The van der Waals surface area contributed by atoms with Crippen molar-refractivity contribution < 1.29 is 4.74 Å². The Bertz CT molecular complexity index is 282. The van der Waals surface area contributed by atoms with Crippen molar-refractivity contribution in [1.82, 2.24) is 5.32 Å². The largest absolute Gasteiger partial charge is 0.382 e. The van der Waals surface area contributed by atoms with Gasteiger partial charge in [0.2, 0.25) is 0 Å². The van der Waals surface area contributed by atoms with E-state index in [2.05, 4.69) is 33.0 Å². The van der Waals surface area contributed by atoms with Gasteiger partial charge < -0.3 is 10.1 Å². The van der Waals surface area contributed by atoms with E-state index in [1.807, 2.05) is 0 Å². The van der Waals surface area contributed by atoms with Crippen molar-refractivity contribution in [3.63, 3.8) is 0 Å². The molecule has 0 aromatic rings. The van der Waals surface area contributed by atoms with Crippen LogP contribution in [0.2, 0.25) is 0 Å². The predicted octanol–water partition coefficient (Wildman–Crippen LogP) is 4.39. The molecule has 2 saturated carbocycles. The van der Waals surface area contributed by atoms with E-state index < -0.39 is 0 Å². The minimum atomic E-state index is 0.482. The molecule has 2 rings (SSSR count). The average molecular weight is 281 g/mol. The third-order valence-corrected chi connectivity index (χ3v) is 5.59. The van der Waals surface area contributed by atoms with E-state index in [4.69, 9.17) is 4.74 Å². The number of ether oxygens (including phenoxy) is 1.